The zero-order valence-electron chi connectivity index (χ0n) is 12.5. The highest BCUT2D eigenvalue weighted by Gasteiger charge is 2.05. The van der Waals surface area contributed by atoms with Crippen LogP contribution in [0.25, 0.3) is 0 Å². The van der Waals surface area contributed by atoms with Crippen LogP contribution in [0.15, 0.2) is 18.3 Å². The predicted molar refractivity (Wildman–Crippen MR) is 78.7 cm³/mol. The van der Waals surface area contributed by atoms with Gasteiger partial charge in [0.15, 0.2) is 11.9 Å². The fraction of sp³-hybridized carbons (Fsp3) is 0.706. The number of aromatic nitrogens is 1. The maximum atomic E-state index is 2.40. The smallest absolute Gasteiger partial charge is 0.178 e. The van der Waals surface area contributed by atoms with E-state index in [0.717, 1.165) is 0 Å². The summed E-state index contributed by atoms with van der Waals surface area (Å²) in [5, 5.41) is 0. The molecule has 0 fully saturated rings. The molecule has 0 spiro atoms. The van der Waals surface area contributed by atoms with Gasteiger partial charge < -0.3 is 0 Å². The van der Waals surface area contributed by atoms with Gasteiger partial charge in [-0.3, -0.25) is 0 Å². The summed E-state index contributed by atoms with van der Waals surface area (Å²) >= 11 is 0. The first kappa shape index (κ1) is 15.2. The first-order chi connectivity index (χ1) is 8.74. The first-order valence-corrected chi connectivity index (χ1v) is 7.70. The predicted octanol–water partition coefficient (Wildman–Crippen LogP) is 4.73. The van der Waals surface area contributed by atoms with Crippen LogP contribution in [-0.4, -0.2) is 0 Å². The largest absolute Gasteiger partial charge is 0.202 e. The molecule has 0 aromatic carbocycles. The van der Waals surface area contributed by atoms with E-state index < -0.39 is 0 Å². The van der Waals surface area contributed by atoms with Gasteiger partial charge in [0.1, 0.15) is 6.54 Å². The van der Waals surface area contributed by atoms with Gasteiger partial charge in [-0.1, -0.05) is 45.4 Å². The van der Waals surface area contributed by atoms with Crippen LogP contribution in [0.2, 0.25) is 0 Å². The molecule has 1 rings (SSSR count). The van der Waals surface area contributed by atoms with Gasteiger partial charge >= 0.3 is 0 Å². The average molecular weight is 248 g/mol. The monoisotopic (exact) mass is 248 g/mol. The summed E-state index contributed by atoms with van der Waals surface area (Å²) in [6.45, 7) is 7.83. The summed E-state index contributed by atoms with van der Waals surface area (Å²) in [6.07, 6.45) is 13.5. The molecule has 0 N–H and O–H groups in total. The van der Waals surface area contributed by atoms with Crippen molar-refractivity contribution in [1.82, 2.24) is 0 Å². The van der Waals surface area contributed by atoms with Gasteiger partial charge in [-0.05, 0) is 19.4 Å². The van der Waals surface area contributed by atoms with Crippen molar-refractivity contribution < 1.29 is 4.57 Å². The van der Waals surface area contributed by atoms with Crippen LogP contribution < -0.4 is 4.57 Å². The standard InChI is InChI=1S/C17H30N/c1-4-5-6-7-8-9-10-11-14-18-15-16(2)12-13-17(18)3/h12-13,15H,4-11,14H2,1-3H3/q+1. The minimum absolute atomic E-state index is 1.18. The summed E-state index contributed by atoms with van der Waals surface area (Å²) in [5.41, 5.74) is 2.74. The van der Waals surface area contributed by atoms with E-state index >= 15 is 0 Å². The third-order valence-electron chi connectivity index (χ3n) is 3.65. The van der Waals surface area contributed by atoms with Gasteiger partial charge in [0.25, 0.3) is 0 Å². The number of nitrogens with zero attached hydrogens (tertiary/aromatic N) is 1. The lowest BCUT2D eigenvalue weighted by Crippen LogP contribution is -2.36. The van der Waals surface area contributed by atoms with E-state index in [-0.39, 0.29) is 0 Å². The molecule has 0 saturated heterocycles. The number of hydrogen-bond acceptors (Lipinski definition) is 0. The van der Waals surface area contributed by atoms with Crippen LogP contribution in [0, 0.1) is 13.8 Å². The first-order valence-electron chi connectivity index (χ1n) is 7.70. The van der Waals surface area contributed by atoms with Crippen molar-refractivity contribution in [3.8, 4) is 0 Å². The molecule has 18 heavy (non-hydrogen) atoms. The Morgan fingerprint density at radius 2 is 1.44 bits per heavy atom. The van der Waals surface area contributed by atoms with E-state index in [1.54, 1.807) is 0 Å². The van der Waals surface area contributed by atoms with Crippen molar-refractivity contribution >= 4 is 0 Å². The Kier molecular flexibility index (Phi) is 7.71. The Bertz CT molecular complexity index is 330. The topological polar surface area (TPSA) is 3.88 Å². The lowest BCUT2D eigenvalue weighted by atomic mass is 10.1. The molecule has 0 atom stereocenters. The SMILES string of the molecule is CCCCCCCCCC[n+]1cc(C)ccc1C. The van der Waals surface area contributed by atoms with E-state index in [1.165, 1.54) is 69.2 Å². The van der Waals surface area contributed by atoms with Crippen molar-refractivity contribution in [3.05, 3.63) is 29.6 Å². The average Bonchev–Trinajstić information content (AvgIpc) is 2.36. The fourth-order valence-electron chi connectivity index (χ4n) is 2.40. The highest BCUT2D eigenvalue weighted by molar-refractivity contribution is 5.05. The molecule has 0 unspecified atom stereocenters. The maximum Gasteiger partial charge on any atom is 0.178 e. The third-order valence-corrected chi connectivity index (χ3v) is 3.65. The lowest BCUT2D eigenvalue weighted by Gasteiger charge is -2.02. The lowest BCUT2D eigenvalue weighted by molar-refractivity contribution is -0.703. The Hall–Kier alpha value is -0.850. The van der Waals surface area contributed by atoms with Crippen molar-refractivity contribution in [2.24, 2.45) is 0 Å². The Morgan fingerprint density at radius 1 is 0.833 bits per heavy atom. The zero-order valence-corrected chi connectivity index (χ0v) is 12.5. The van der Waals surface area contributed by atoms with Gasteiger partial charge in [0.2, 0.25) is 0 Å². The van der Waals surface area contributed by atoms with Crippen LogP contribution in [0.1, 0.15) is 69.5 Å². The molecular formula is C17H30N+. The summed E-state index contributed by atoms with van der Waals surface area (Å²) in [7, 11) is 0. The second-order valence-electron chi connectivity index (χ2n) is 5.52. The Morgan fingerprint density at radius 3 is 2.11 bits per heavy atom. The summed E-state index contributed by atoms with van der Waals surface area (Å²) < 4.78 is 2.40. The van der Waals surface area contributed by atoms with Gasteiger partial charge in [-0.2, -0.15) is 0 Å². The summed E-state index contributed by atoms with van der Waals surface area (Å²) in [5.74, 6) is 0. The van der Waals surface area contributed by atoms with Crippen LogP contribution in [0.3, 0.4) is 0 Å². The van der Waals surface area contributed by atoms with Gasteiger partial charge in [-0.15, -0.1) is 0 Å². The molecule has 0 radical (unpaired) electrons. The van der Waals surface area contributed by atoms with Crippen LogP contribution in [-0.2, 0) is 6.54 Å². The maximum absolute atomic E-state index is 2.40. The fourth-order valence-corrected chi connectivity index (χ4v) is 2.40. The van der Waals surface area contributed by atoms with E-state index in [0.29, 0.717) is 0 Å². The molecule has 0 aliphatic carbocycles. The van der Waals surface area contributed by atoms with Crippen molar-refractivity contribution in [1.29, 1.82) is 0 Å². The molecule has 1 aromatic heterocycles. The molecule has 1 heteroatoms. The van der Waals surface area contributed by atoms with Gasteiger partial charge in [-0.25, -0.2) is 4.57 Å². The van der Waals surface area contributed by atoms with Crippen molar-refractivity contribution in [2.45, 2.75) is 78.7 Å². The summed E-state index contributed by atoms with van der Waals surface area (Å²) in [6, 6.07) is 4.42. The van der Waals surface area contributed by atoms with E-state index in [4.69, 9.17) is 0 Å². The van der Waals surface area contributed by atoms with E-state index in [1.807, 2.05) is 0 Å². The normalized spacial score (nSPS) is 10.8. The van der Waals surface area contributed by atoms with Crippen LogP contribution in [0.5, 0.6) is 0 Å². The van der Waals surface area contributed by atoms with E-state index in [2.05, 4.69) is 43.7 Å². The minimum Gasteiger partial charge on any atom is -0.202 e. The molecule has 0 saturated carbocycles. The molecule has 0 aliphatic rings. The van der Waals surface area contributed by atoms with Crippen molar-refractivity contribution in [3.63, 3.8) is 0 Å². The van der Waals surface area contributed by atoms with E-state index in [9.17, 15) is 0 Å². The number of pyridine rings is 1. The van der Waals surface area contributed by atoms with Crippen LogP contribution >= 0.6 is 0 Å². The summed E-state index contributed by atoms with van der Waals surface area (Å²) in [4.78, 5) is 0. The number of aryl methyl sites for hydroxylation is 3. The molecule has 0 bridgehead atoms. The Labute approximate surface area is 113 Å². The molecule has 1 heterocycles. The molecule has 1 aromatic rings. The molecule has 0 amide bonds. The zero-order chi connectivity index (χ0) is 13.2. The highest BCUT2D eigenvalue weighted by Crippen LogP contribution is 2.08. The van der Waals surface area contributed by atoms with Crippen molar-refractivity contribution in [2.75, 3.05) is 0 Å². The number of unbranched alkanes of at least 4 members (excludes halogenated alkanes) is 7. The number of hydrogen-bond donors (Lipinski definition) is 0. The van der Waals surface area contributed by atoms with Crippen LogP contribution in [0.4, 0.5) is 0 Å². The third kappa shape index (κ3) is 6.18. The second kappa shape index (κ2) is 9.13. The second-order valence-corrected chi connectivity index (χ2v) is 5.52. The quantitative estimate of drug-likeness (QED) is 0.439. The molecule has 102 valence electrons. The number of rotatable bonds is 9. The molecule has 1 nitrogen and oxygen atoms in total. The van der Waals surface area contributed by atoms with Gasteiger partial charge in [0, 0.05) is 25.0 Å². The molecular weight excluding hydrogens is 218 g/mol. The van der Waals surface area contributed by atoms with Gasteiger partial charge in [0.05, 0.1) is 0 Å². The molecule has 0 aliphatic heterocycles. The highest BCUT2D eigenvalue weighted by atomic mass is 14.9. The minimum atomic E-state index is 1.18. The Balaban J connectivity index is 2.09.